The molecule has 0 fully saturated rings. The zero-order valence-corrected chi connectivity index (χ0v) is 11.8. The van der Waals surface area contributed by atoms with Gasteiger partial charge in [0.2, 0.25) is 0 Å². The van der Waals surface area contributed by atoms with Crippen molar-refractivity contribution in [3.05, 3.63) is 47.6 Å². The van der Waals surface area contributed by atoms with Crippen molar-refractivity contribution in [1.29, 1.82) is 0 Å². The van der Waals surface area contributed by atoms with Crippen molar-refractivity contribution < 1.29 is 0 Å². The zero-order valence-electron chi connectivity index (χ0n) is 11.1. The standard InChI is InChI=1S/C16H16ClN3/c17-13-6-7-14-15(8-9-18-16(14)10-13)20-19-11-12-4-2-1-3-5-12/h1-2,6-12H,3-5H2,(H,18,20)/b19-11-/t12-/m1/s1. The fourth-order valence-electron chi connectivity index (χ4n) is 2.38. The molecule has 0 radical (unpaired) electrons. The maximum Gasteiger partial charge on any atom is 0.0738 e. The molecule has 3 rings (SSSR count). The molecule has 1 aromatic heterocycles. The average Bonchev–Trinajstić information content (AvgIpc) is 2.48. The minimum absolute atomic E-state index is 0.537. The van der Waals surface area contributed by atoms with Gasteiger partial charge >= 0.3 is 0 Å². The fraction of sp³-hybridized carbons (Fsp3) is 0.250. The van der Waals surface area contributed by atoms with Crippen LogP contribution in [-0.2, 0) is 0 Å². The summed E-state index contributed by atoms with van der Waals surface area (Å²) < 4.78 is 0. The molecule has 1 aliphatic carbocycles. The van der Waals surface area contributed by atoms with Crippen LogP contribution in [-0.4, -0.2) is 11.2 Å². The highest BCUT2D eigenvalue weighted by molar-refractivity contribution is 6.31. The number of nitrogens with zero attached hydrogens (tertiary/aromatic N) is 2. The summed E-state index contributed by atoms with van der Waals surface area (Å²) in [6.45, 7) is 0. The van der Waals surface area contributed by atoms with Crippen molar-refractivity contribution in [1.82, 2.24) is 4.98 Å². The SMILES string of the molecule is Clc1ccc2c(N/N=C\[C@@H]3CC=CCC3)ccnc2c1. The third kappa shape index (κ3) is 2.99. The number of aromatic nitrogens is 1. The van der Waals surface area contributed by atoms with Crippen LogP contribution in [0, 0.1) is 5.92 Å². The lowest BCUT2D eigenvalue weighted by Crippen LogP contribution is -2.05. The Morgan fingerprint density at radius 2 is 2.25 bits per heavy atom. The van der Waals surface area contributed by atoms with E-state index >= 15 is 0 Å². The van der Waals surface area contributed by atoms with Gasteiger partial charge in [-0.25, -0.2) is 0 Å². The van der Waals surface area contributed by atoms with E-state index in [0.717, 1.165) is 29.4 Å². The number of benzene rings is 1. The van der Waals surface area contributed by atoms with Crippen molar-refractivity contribution in [2.75, 3.05) is 5.43 Å². The number of nitrogens with one attached hydrogen (secondary N) is 1. The number of pyridine rings is 1. The lowest BCUT2D eigenvalue weighted by Gasteiger charge is -2.12. The van der Waals surface area contributed by atoms with Gasteiger partial charge in [-0.2, -0.15) is 5.10 Å². The lowest BCUT2D eigenvalue weighted by atomic mass is 9.96. The number of hydrogen-bond acceptors (Lipinski definition) is 3. The van der Waals surface area contributed by atoms with Gasteiger partial charge in [0, 0.05) is 22.8 Å². The Bertz CT molecular complexity index is 664. The maximum absolute atomic E-state index is 5.98. The van der Waals surface area contributed by atoms with Crippen LogP contribution in [0.15, 0.2) is 47.7 Å². The van der Waals surface area contributed by atoms with E-state index in [9.17, 15) is 0 Å². The summed E-state index contributed by atoms with van der Waals surface area (Å²) in [6.07, 6.45) is 11.6. The van der Waals surface area contributed by atoms with Gasteiger partial charge in [-0.15, -0.1) is 0 Å². The molecule has 1 atom stereocenters. The Balaban J connectivity index is 1.77. The first-order chi connectivity index (χ1) is 9.83. The highest BCUT2D eigenvalue weighted by Crippen LogP contribution is 2.24. The van der Waals surface area contributed by atoms with Crippen LogP contribution in [0.1, 0.15) is 19.3 Å². The average molecular weight is 286 g/mol. The highest BCUT2D eigenvalue weighted by atomic mass is 35.5. The molecule has 1 aliphatic rings. The molecule has 0 aliphatic heterocycles. The molecule has 0 spiro atoms. The van der Waals surface area contributed by atoms with Crippen LogP contribution in [0.2, 0.25) is 5.02 Å². The molecule has 20 heavy (non-hydrogen) atoms. The van der Waals surface area contributed by atoms with Gasteiger partial charge in [0.05, 0.1) is 11.2 Å². The Morgan fingerprint density at radius 1 is 1.30 bits per heavy atom. The van der Waals surface area contributed by atoms with Gasteiger partial charge in [-0.05, 0) is 49.4 Å². The van der Waals surface area contributed by atoms with Crippen LogP contribution in [0.25, 0.3) is 10.9 Å². The number of allylic oxidation sites excluding steroid dienone is 2. The minimum atomic E-state index is 0.537. The molecule has 0 saturated heterocycles. The molecule has 3 nitrogen and oxygen atoms in total. The van der Waals surface area contributed by atoms with Crippen molar-refractivity contribution in [2.45, 2.75) is 19.3 Å². The molecule has 2 aromatic rings. The Hall–Kier alpha value is -1.87. The second-order valence-electron chi connectivity index (χ2n) is 4.95. The van der Waals surface area contributed by atoms with Gasteiger partial charge in [0.15, 0.2) is 0 Å². The Labute approximate surface area is 123 Å². The number of hydrogen-bond donors (Lipinski definition) is 1. The molecule has 0 bridgehead atoms. The molecular weight excluding hydrogens is 270 g/mol. The molecule has 1 N–H and O–H groups in total. The van der Waals surface area contributed by atoms with Crippen LogP contribution in [0.4, 0.5) is 5.69 Å². The summed E-state index contributed by atoms with van der Waals surface area (Å²) >= 11 is 5.98. The van der Waals surface area contributed by atoms with E-state index in [1.54, 1.807) is 6.20 Å². The van der Waals surface area contributed by atoms with Gasteiger partial charge < -0.3 is 0 Å². The summed E-state index contributed by atoms with van der Waals surface area (Å²) in [7, 11) is 0. The van der Waals surface area contributed by atoms with Gasteiger partial charge in [-0.3, -0.25) is 10.4 Å². The Kier molecular flexibility index (Phi) is 3.97. The molecular formula is C16H16ClN3. The predicted octanol–water partition coefficient (Wildman–Crippen LogP) is 4.64. The quantitative estimate of drug-likeness (QED) is 0.507. The van der Waals surface area contributed by atoms with E-state index in [4.69, 9.17) is 11.6 Å². The van der Waals surface area contributed by atoms with E-state index in [1.807, 2.05) is 30.5 Å². The predicted molar refractivity (Wildman–Crippen MR) is 85.3 cm³/mol. The molecule has 0 amide bonds. The normalized spacial score (nSPS) is 18.8. The zero-order chi connectivity index (χ0) is 13.8. The van der Waals surface area contributed by atoms with Crippen LogP contribution in [0.5, 0.6) is 0 Å². The topological polar surface area (TPSA) is 37.3 Å². The highest BCUT2D eigenvalue weighted by Gasteiger charge is 2.06. The Morgan fingerprint density at radius 3 is 3.10 bits per heavy atom. The molecule has 1 heterocycles. The third-order valence-electron chi connectivity index (χ3n) is 3.48. The monoisotopic (exact) mass is 285 g/mol. The summed E-state index contributed by atoms with van der Waals surface area (Å²) in [6, 6.07) is 7.62. The largest absolute Gasteiger partial charge is 0.278 e. The molecule has 102 valence electrons. The van der Waals surface area contributed by atoms with Crippen LogP contribution in [0.3, 0.4) is 0 Å². The van der Waals surface area contributed by atoms with E-state index in [1.165, 1.54) is 6.42 Å². The van der Waals surface area contributed by atoms with Crippen LogP contribution >= 0.6 is 11.6 Å². The van der Waals surface area contributed by atoms with Crippen molar-refractivity contribution in [3.8, 4) is 0 Å². The molecule has 1 aromatic carbocycles. The van der Waals surface area contributed by atoms with Gasteiger partial charge in [0.25, 0.3) is 0 Å². The minimum Gasteiger partial charge on any atom is -0.278 e. The first-order valence-corrected chi connectivity index (χ1v) is 7.19. The molecule has 4 heteroatoms. The number of rotatable bonds is 3. The number of anilines is 1. The summed E-state index contributed by atoms with van der Waals surface area (Å²) in [5.41, 5.74) is 4.94. The third-order valence-corrected chi connectivity index (χ3v) is 3.72. The summed E-state index contributed by atoms with van der Waals surface area (Å²) in [5, 5.41) is 6.09. The fourth-order valence-corrected chi connectivity index (χ4v) is 2.55. The van der Waals surface area contributed by atoms with Crippen molar-refractivity contribution in [3.63, 3.8) is 0 Å². The molecule has 0 unspecified atom stereocenters. The van der Waals surface area contributed by atoms with E-state index < -0.39 is 0 Å². The van der Waals surface area contributed by atoms with E-state index in [2.05, 4.69) is 27.7 Å². The molecule has 0 saturated carbocycles. The lowest BCUT2D eigenvalue weighted by molar-refractivity contribution is 0.627. The van der Waals surface area contributed by atoms with Gasteiger partial charge in [-0.1, -0.05) is 23.8 Å². The van der Waals surface area contributed by atoms with Gasteiger partial charge in [0.1, 0.15) is 0 Å². The smallest absolute Gasteiger partial charge is 0.0738 e. The van der Waals surface area contributed by atoms with Crippen LogP contribution < -0.4 is 5.43 Å². The first kappa shape index (κ1) is 13.1. The second kappa shape index (κ2) is 6.06. The van der Waals surface area contributed by atoms with Crippen molar-refractivity contribution >= 4 is 34.4 Å². The van der Waals surface area contributed by atoms with E-state index in [0.29, 0.717) is 10.9 Å². The maximum atomic E-state index is 5.98. The first-order valence-electron chi connectivity index (χ1n) is 6.81. The van der Waals surface area contributed by atoms with Crippen molar-refractivity contribution in [2.24, 2.45) is 11.0 Å². The second-order valence-corrected chi connectivity index (χ2v) is 5.39. The summed E-state index contributed by atoms with van der Waals surface area (Å²) in [5.74, 6) is 0.537. The number of fused-ring (bicyclic) bond motifs is 1. The number of halogens is 1. The number of hydrazone groups is 1. The van der Waals surface area contributed by atoms with E-state index in [-0.39, 0.29) is 0 Å². The summed E-state index contributed by atoms with van der Waals surface area (Å²) in [4.78, 5) is 4.32.